The molecule has 5 nitrogen and oxygen atoms in total. The Morgan fingerprint density at radius 3 is 2.25 bits per heavy atom. The van der Waals surface area contributed by atoms with Crippen molar-refractivity contribution < 1.29 is 30.9 Å². The van der Waals surface area contributed by atoms with Crippen molar-refractivity contribution in [3.05, 3.63) is 133 Å². The fraction of sp³-hybridized carbons (Fsp3) is 0. The Labute approximate surface area is 245 Å². The topological polar surface area (TPSA) is 60.2 Å². The second-order valence-corrected chi connectivity index (χ2v) is 9.18. The first-order valence-electron chi connectivity index (χ1n) is 12.7. The van der Waals surface area contributed by atoms with Gasteiger partial charge in [-0.25, -0.2) is 9.97 Å². The van der Waals surface area contributed by atoms with Crippen LogP contribution in [0.25, 0.3) is 50.1 Å². The number of hydrogen-bond acceptors (Lipinski definition) is 4. The van der Waals surface area contributed by atoms with E-state index < -0.39 is 0 Å². The van der Waals surface area contributed by atoms with Crippen LogP contribution in [0.1, 0.15) is 0 Å². The first-order valence-corrected chi connectivity index (χ1v) is 12.7. The monoisotopic (exact) mass is 699 g/mol. The van der Waals surface area contributed by atoms with E-state index in [9.17, 15) is 5.11 Å². The molecule has 0 saturated heterocycles. The Morgan fingerprint density at radius 1 is 0.650 bits per heavy atom. The van der Waals surface area contributed by atoms with E-state index >= 15 is 0 Å². The van der Waals surface area contributed by atoms with E-state index in [0.717, 1.165) is 33.1 Å². The van der Waals surface area contributed by atoms with Crippen molar-refractivity contribution in [2.45, 2.75) is 0 Å². The predicted octanol–water partition coefficient (Wildman–Crippen LogP) is 8.20. The Balaban J connectivity index is 0.00000289. The van der Waals surface area contributed by atoms with Crippen LogP contribution in [0.3, 0.4) is 0 Å². The molecule has 0 aliphatic carbocycles. The number of fused-ring (bicyclic) bond motifs is 3. The molecule has 40 heavy (non-hydrogen) atoms. The zero-order valence-corrected chi connectivity index (χ0v) is 23.4. The average Bonchev–Trinajstić information content (AvgIpc) is 3.32. The number of phenolic OH excluding ortho intramolecular Hbond substituents is 1. The molecule has 1 N–H and O–H groups in total. The molecular weight excluding hydrogens is 677 g/mol. The molecule has 0 amide bonds. The smallest absolute Gasteiger partial charge is 0.217 e. The molecule has 0 atom stereocenters. The number of benzene rings is 4. The largest absolute Gasteiger partial charge is 0.506 e. The van der Waals surface area contributed by atoms with Gasteiger partial charge in [-0.2, -0.15) is 18.2 Å². The number of aromatic hydroxyl groups is 1. The van der Waals surface area contributed by atoms with Crippen molar-refractivity contribution in [1.29, 1.82) is 0 Å². The number of pyridine rings is 2. The number of phenols is 1. The molecule has 0 radical (unpaired) electrons. The van der Waals surface area contributed by atoms with E-state index in [0.29, 0.717) is 28.7 Å². The van der Waals surface area contributed by atoms with Crippen molar-refractivity contribution in [1.82, 2.24) is 14.5 Å². The summed E-state index contributed by atoms with van der Waals surface area (Å²) in [6.45, 7) is 0. The maximum absolute atomic E-state index is 10.7. The summed E-state index contributed by atoms with van der Waals surface area (Å²) in [7, 11) is 0. The fourth-order valence-corrected chi connectivity index (χ4v) is 4.92. The first kappa shape index (κ1) is 25.5. The van der Waals surface area contributed by atoms with Crippen molar-refractivity contribution >= 4 is 21.9 Å². The van der Waals surface area contributed by atoms with Gasteiger partial charge in [-0.1, -0.05) is 60.7 Å². The fourth-order valence-electron chi connectivity index (χ4n) is 4.92. The van der Waals surface area contributed by atoms with Crippen LogP contribution in [0.15, 0.2) is 127 Å². The second-order valence-electron chi connectivity index (χ2n) is 9.18. The molecule has 6 heteroatoms. The molecule has 7 aromatic rings. The second kappa shape index (κ2) is 10.8. The van der Waals surface area contributed by atoms with Crippen molar-refractivity contribution in [2.24, 2.45) is 0 Å². The Kier molecular flexibility index (Phi) is 6.89. The summed E-state index contributed by atoms with van der Waals surface area (Å²) in [5.41, 5.74) is 5.76. The summed E-state index contributed by atoms with van der Waals surface area (Å²) in [5.74, 6) is 1.23. The van der Waals surface area contributed by atoms with Gasteiger partial charge in [-0.3, -0.25) is 4.57 Å². The molecule has 0 aliphatic heterocycles. The summed E-state index contributed by atoms with van der Waals surface area (Å²) >= 11 is 0. The van der Waals surface area contributed by atoms with E-state index in [-0.39, 0.29) is 26.8 Å². The van der Waals surface area contributed by atoms with Crippen molar-refractivity contribution in [3.63, 3.8) is 0 Å². The minimum atomic E-state index is 0. The maximum Gasteiger partial charge on any atom is 0.217 e. The van der Waals surface area contributed by atoms with Crippen LogP contribution in [0, 0.1) is 6.07 Å². The van der Waals surface area contributed by atoms with Crippen LogP contribution in [-0.2, 0) is 21.1 Å². The standard InChI is InChI=1S/C34H22N3O2.Pt/c38-32-18-10-9-17-31(32)37-30-16-8-7-15-26(30)27-19-20-28(36-34(27)37)29-21-24(23-11-3-1-4-12-23)22-33(35-29)39-25-13-5-2-6-14-25;/h1-13,15-22,38H;/q-1;. The third kappa shape index (κ3) is 4.65. The molecule has 0 bridgehead atoms. The van der Waals surface area contributed by atoms with Crippen LogP contribution in [-0.4, -0.2) is 19.6 Å². The zero-order chi connectivity index (χ0) is 26.2. The first-order chi connectivity index (χ1) is 19.2. The van der Waals surface area contributed by atoms with Gasteiger partial charge in [0.05, 0.1) is 22.6 Å². The molecule has 0 fully saturated rings. The Hall–Kier alpha value is -4.73. The minimum absolute atomic E-state index is 0. The molecule has 196 valence electrons. The van der Waals surface area contributed by atoms with E-state index in [2.05, 4.69) is 30.3 Å². The number of rotatable bonds is 5. The van der Waals surface area contributed by atoms with Gasteiger partial charge in [0, 0.05) is 43.7 Å². The predicted molar refractivity (Wildman–Crippen MR) is 154 cm³/mol. The molecule has 0 spiro atoms. The quantitative estimate of drug-likeness (QED) is 0.184. The summed E-state index contributed by atoms with van der Waals surface area (Å²) in [6, 6.07) is 44.1. The van der Waals surface area contributed by atoms with Crippen LogP contribution in [0.4, 0.5) is 0 Å². The number of nitrogens with zero attached hydrogens (tertiary/aromatic N) is 3. The number of ether oxygens (including phenoxy) is 1. The van der Waals surface area contributed by atoms with Gasteiger partial charge in [0.15, 0.2) is 0 Å². The van der Waals surface area contributed by atoms with E-state index in [4.69, 9.17) is 14.7 Å². The summed E-state index contributed by atoms with van der Waals surface area (Å²) < 4.78 is 8.12. The zero-order valence-electron chi connectivity index (χ0n) is 21.1. The van der Waals surface area contributed by atoms with Gasteiger partial charge in [-0.15, -0.1) is 12.1 Å². The molecular formula is C34H22N3O2Pt-. The molecule has 4 aromatic carbocycles. The van der Waals surface area contributed by atoms with Crippen molar-refractivity contribution in [3.8, 4) is 45.6 Å². The van der Waals surface area contributed by atoms with E-state index in [1.807, 2.05) is 102 Å². The van der Waals surface area contributed by atoms with Crippen LogP contribution >= 0.6 is 0 Å². The van der Waals surface area contributed by atoms with Gasteiger partial charge < -0.3 is 9.84 Å². The van der Waals surface area contributed by atoms with Crippen molar-refractivity contribution in [2.75, 3.05) is 0 Å². The number of para-hydroxylation sites is 4. The SMILES string of the molecule is Oc1ccccc1-n1c2ccccc2c2ccc(-c3cc(-c4ccccc4)cc(Oc4[c-]cccc4)n3)nc21.[Pt]. The van der Waals surface area contributed by atoms with E-state index in [1.54, 1.807) is 6.07 Å². The van der Waals surface area contributed by atoms with Crippen LogP contribution < -0.4 is 4.74 Å². The van der Waals surface area contributed by atoms with Gasteiger partial charge in [0.25, 0.3) is 0 Å². The minimum Gasteiger partial charge on any atom is -0.506 e. The molecule has 0 saturated carbocycles. The normalized spacial score (nSPS) is 10.9. The molecule has 0 unspecified atom stereocenters. The number of aromatic nitrogens is 3. The Bertz CT molecular complexity index is 1950. The van der Waals surface area contributed by atoms with Crippen LogP contribution in [0.2, 0.25) is 0 Å². The van der Waals surface area contributed by atoms with Gasteiger partial charge >= 0.3 is 0 Å². The molecule has 3 aromatic heterocycles. The van der Waals surface area contributed by atoms with E-state index in [1.165, 1.54) is 0 Å². The maximum atomic E-state index is 10.7. The number of hydrogen-bond donors (Lipinski definition) is 1. The van der Waals surface area contributed by atoms with Gasteiger partial charge in [0.2, 0.25) is 5.88 Å². The summed E-state index contributed by atoms with van der Waals surface area (Å²) in [4.78, 5) is 9.95. The third-order valence-corrected chi connectivity index (χ3v) is 6.71. The Morgan fingerprint density at radius 2 is 1.43 bits per heavy atom. The molecule has 3 heterocycles. The third-order valence-electron chi connectivity index (χ3n) is 6.71. The molecule has 7 rings (SSSR count). The average molecular weight is 700 g/mol. The van der Waals surface area contributed by atoms with Crippen LogP contribution in [0.5, 0.6) is 17.4 Å². The molecule has 0 aliphatic rings. The van der Waals surface area contributed by atoms with Gasteiger partial charge in [0.1, 0.15) is 11.4 Å². The summed E-state index contributed by atoms with van der Waals surface area (Å²) in [5, 5.41) is 12.8. The van der Waals surface area contributed by atoms with Gasteiger partial charge in [-0.05, 0) is 47.5 Å². The summed E-state index contributed by atoms with van der Waals surface area (Å²) in [6.07, 6.45) is 0.